The Kier molecular flexibility index (Phi) is 6.87. The highest BCUT2D eigenvalue weighted by atomic mass is 16.5. The molecule has 1 aromatic rings. The van der Waals surface area contributed by atoms with Crippen LogP contribution in [0.4, 0.5) is 5.69 Å². The van der Waals surface area contributed by atoms with Crippen LogP contribution in [0, 0.1) is 5.92 Å². The molecule has 5 heteroatoms. The van der Waals surface area contributed by atoms with Gasteiger partial charge in [0.05, 0.1) is 20.3 Å². The minimum atomic E-state index is -0.456. The summed E-state index contributed by atoms with van der Waals surface area (Å²) in [7, 11) is 3.22. The van der Waals surface area contributed by atoms with Crippen LogP contribution in [0.2, 0.25) is 0 Å². The van der Waals surface area contributed by atoms with Crippen molar-refractivity contribution in [2.45, 2.75) is 19.9 Å². The van der Waals surface area contributed by atoms with Crippen molar-refractivity contribution in [1.82, 2.24) is 0 Å². The van der Waals surface area contributed by atoms with Crippen molar-refractivity contribution < 1.29 is 19.0 Å². The fraction of sp³-hybridized carbons (Fsp3) is 0.533. The quantitative estimate of drug-likeness (QED) is 0.741. The van der Waals surface area contributed by atoms with Gasteiger partial charge in [0.25, 0.3) is 0 Å². The van der Waals surface area contributed by atoms with Gasteiger partial charge in [0, 0.05) is 24.8 Å². The summed E-state index contributed by atoms with van der Waals surface area (Å²) in [6.45, 7) is 4.56. The van der Waals surface area contributed by atoms with E-state index in [0.29, 0.717) is 13.2 Å². The normalized spacial score (nSPS) is 13.4. The van der Waals surface area contributed by atoms with E-state index in [0.717, 1.165) is 11.4 Å². The van der Waals surface area contributed by atoms with Crippen molar-refractivity contribution >= 4 is 11.7 Å². The summed E-state index contributed by atoms with van der Waals surface area (Å²) in [5.74, 6) is 0.446. The summed E-state index contributed by atoms with van der Waals surface area (Å²) in [6.07, 6.45) is 0. The molecule has 0 radical (unpaired) electrons. The van der Waals surface area contributed by atoms with Gasteiger partial charge in [-0.15, -0.1) is 0 Å². The van der Waals surface area contributed by atoms with Crippen LogP contribution < -0.4 is 10.1 Å². The number of carbonyl (C=O) groups excluding carboxylic acids is 1. The first-order valence-corrected chi connectivity index (χ1v) is 6.68. The van der Waals surface area contributed by atoms with Crippen molar-refractivity contribution in [3.05, 3.63) is 24.3 Å². The molecule has 0 aromatic heterocycles. The number of hydrogen-bond donors (Lipinski definition) is 1. The fourth-order valence-electron chi connectivity index (χ4n) is 1.92. The Balaban J connectivity index is 2.84. The van der Waals surface area contributed by atoms with Crippen LogP contribution >= 0.6 is 0 Å². The summed E-state index contributed by atoms with van der Waals surface area (Å²) in [6, 6.07) is 6.98. The second-order valence-corrected chi connectivity index (χ2v) is 4.54. The lowest BCUT2D eigenvalue weighted by molar-refractivity contribution is -0.145. The van der Waals surface area contributed by atoms with Crippen LogP contribution in [-0.4, -0.2) is 39.4 Å². The lowest BCUT2D eigenvalue weighted by Crippen LogP contribution is -2.39. The van der Waals surface area contributed by atoms with E-state index in [1.807, 2.05) is 31.2 Å². The molecule has 0 saturated heterocycles. The number of benzene rings is 1. The van der Waals surface area contributed by atoms with Crippen molar-refractivity contribution in [3.63, 3.8) is 0 Å². The molecule has 1 rings (SSSR count). The zero-order valence-electron chi connectivity index (χ0n) is 12.5. The monoisotopic (exact) mass is 281 g/mol. The van der Waals surface area contributed by atoms with Gasteiger partial charge >= 0.3 is 5.97 Å². The first-order chi connectivity index (χ1) is 9.62. The number of esters is 1. The Labute approximate surface area is 120 Å². The van der Waals surface area contributed by atoms with Crippen molar-refractivity contribution in [1.29, 1.82) is 0 Å². The number of methoxy groups -OCH3 is 2. The summed E-state index contributed by atoms with van der Waals surface area (Å²) >= 11 is 0. The molecule has 0 aliphatic heterocycles. The maximum absolute atomic E-state index is 12.0. The van der Waals surface area contributed by atoms with Gasteiger partial charge in [-0.25, -0.2) is 4.79 Å². The highest BCUT2D eigenvalue weighted by Gasteiger charge is 2.26. The lowest BCUT2D eigenvalue weighted by Gasteiger charge is -2.24. The Bertz CT molecular complexity index is 422. The van der Waals surface area contributed by atoms with Crippen LogP contribution in [-0.2, 0) is 14.3 Å². The molecule has 20 heavy (non-hydrogen) atoms. The first kappa shape index (κ1) is 16.3. The molecule has 0 spiro atoms. The average Bonchev–Trinajstić information content (AvgIpc) is 2.45. The average molecular weight is 281 g/mol. The summed E-state index contributed by atoms with van der Waals surface area (Å²) in [5.41, 5.74) is 0.811. The third kappa shape index (κ3) is 4.74. The highest BCUT2D eigenvalue weighted by molar-refractivity contribution is 5.79. The molecule has 0 fully saturated rings. The van der Waals surface area contributed by atoms with Crippen LogP contribution in [0.3, 0.4) is 0 Å². The van der Waals surface area contributed by atoms with E-state index in [9.17, 15) is 4.79 Å². The second kappa shape index (κ2) is 8.43. The summed E-state index contributed by atoms with van der Waals surface area (Å²) in [4.78, 5) is 12.0. The fourth-order valence-corrected chi connectivity index (χ4v) is 1.92. The van der Waals surface area contributed by atoms with Crippen molar-refractivity contribution in [3.8, 4) is 5.75 Å². The van der Waals surface area contributed by atoms with Crippen LogP contribution in [0.1, 0.15) is 13.8 Å². The van der Waals surface area contributed by atoms with Gasteiger partial charge in [-0.1, -0.05) is 13.0 Å². The summed E-state index contributed by atoms with van der Waals surface area (Å²) < 4.78 is 15.4. The molecule has 0 bridgehead atoms. The number of carbonyl (C=O) groups is 1. The Morgan fingerprint density at radius 1 is 1.35 bits per heavy atom. The maximum Gasteiger partial charge on any atom is 0.328 e. The van der Waals surface area contributed by atoms with Gasteiger partial charge in [-0.2, -0.15) is 0 Å². The molecule has 0 aliphatic rings. The topological polar surface area (TPSA) is 56.8 Å². The van der Waals surface area contributed by atoms with E-state index in [1.165, 1.54) is 0 Å². The third-order valence-electron chi connectivity index (χ3n) is 2.93. The number of hydrogen-bond acceptors (Lipinski definition) is 5. The van der Waals surface area contributed by atoms with Gasteiger partial charge in [-0.3, -0.25) is 0 Å². The molecule has 0 saturated carbocycles. The van der Waals surface area contributed by atoms with E-state index in [-0.39, 0.29) is 11.9 Å². The predicted molar refractivity (Wildman–Crippen MR) is 78.1 cm³/mol. The highest BCUT2D eigenvalue weighted by Crippen LogP contribution is 2.20. The molecule has 0 heterocycles. The minimum Gasteiger partial charge on any atom is -0.497 e. The zero-order chi connectivity index (χ0) is 15.0. The van der Waals surface area contributed by atoms with Gasteiger partial charge in [0.1, 0.15) is 11.8 Å². The molecule has 1 N–H and O–H groups in total. The van der Waals surface area contributed by atoms with Gasteiger partial charge in [-0.05, 0) is 19.1 Å². The van der Waals surface area contributed by atoms with E-state index in [4.69, 9.17) is 14.2 Å². The van der Waals surface area contributed by atoms with E-state index in [1.54, 1.807) is 21.1 Å². The zero-order valence-corrected chi connectivity index (χ0v) is 12.5. The summed E-state index contributed by atoms with van der Waals surface area (Å²) in [5, 5.41) is 3.19. The molecule has 112 valence electrons. The minimum absolute atomic E-state index is 0.00903. The third-order valence-corrected chi connectivity index (χ3v) is 2.93. The Hall–Kier alpha value is -1.75. The van der Waals surface area contributed by atoms with Gasteiger partial charge in [0.2, 0.25) is 0 Å². The molecule has 1 aromatic carbocycles. The van der Waals surface area contributed by atoms with Crippen LogP contribution in [0.15, 0.2) is 24.3 Å². The van der Waals surface area contributed by atoms with E-state index in [2.05, 4.69) is 5.32 Å². The molecule has 2 unspecified atom stereocenters. The Morgan fingerprint density at radius 3 is 2.70 bits per heavy atom. The Morgan fingerprint density at radius 2 is 2.10 bits per heavy atom. The number of ether oxygens (including phenoxy) is 3. The lowest BCUT2D eigenvalue weighted by atomic mass is 10.0. The molecular weight excluding hydrogens is 258 g/mol. The van der Waals surface area contributed by atoms with Crippen LogP contribution in [0.25, 0.3) is 0 Å². The molecular formula is C15H23NO4. The van der Waals surface area contributed by atoms with E-state index < -0.39 is 6.04 Å². The van der Waals surface area contributed by atoms with Crippen molar-refractivity contribution in [2.24, 2.45) is 5.92 Å². The SMILES string of the molecule is CCOC(=O)C(Nc1cccc(OC)c1)C(C)COC. The van der Waals surface area contributed by atoms with Crippen molar-refractivity contribution in [2.75, 3.05) is 32.8 Å². The second-order valence-electron chi connectivity index (χ2n) is 4.54. The maximum atomic E-state index is 12.0. The molecule has 2 atom stereocenters. The molecule has 0 aliphatic carbocycles. The van der Waals surface area contributed by atoms with Crippen LogP contribution in [0.5, 0.6) is 5.75 Å². The molecule has 0 amide bonds. The van der Waals surface area contributed by atoms with E-state index >= 15 is 0 Å². The number of nitrogens with one attached hydrogen (secondary N) is 1. The van der Waals surface area contributed by atoms with Gasteiger partial charge < -0.3 is 19.5 Å². The number of anilines is 1. The standard InChI is InChI=1S/C15H23NO4/c1-5-20-15(17)14(11(2)10-18-3)16-12-7-6-8-13(9-12)19-4/h6-9,11,14,16H,5,10H2,1-4H3. The number of rotatable bonds is 8. The molecule has 5 nitrogen and oxygen atoms in total. The smallest absolute Gasteiger partial charge is 0.328 e. The first-order valence-electron chi connectivity index (χ1n) is 6.68. The van der Waals surface area contributed by atoms with Gasteiger partial charge in [0.15, 0.2) is 0 Å². The largest absolute Gasteiger partial charge is 0.497 e. The predicted octanol–water partition coefficient (Wildman–Crippen LogP) is 2.32.